The Bertz CT molecular complexity index is 1400. The number of halogens is 4. The molecule has 3 atom stereocenters. The average molecular weight is 558 g/mol. The van der Waals surface area contributed by atoms with Gasteiger partial charge >= 0.3 is 12.1 Å². The highest BCUT2D eigenvalue weighted by Gasteiger charge is 2.30. The van der Waals surface area contributed by atoms with Gasteiger partial charge in [0, 0.05) is 10.8 Å². The summed E-state index contributed by atoms with van der Waals surface area (Å²) in [5.41, 5.74) is 0.739. The lowest BCUT2D eigenvalue weighted by Gasteiger charge is -2.29. The molecule has 0 radical (unpaired) electrons. The van der Waals surface area contributed by atoms with E-state index in [-0.39, 0.29) is 35.1 Å². The quantitative estimate of drug-likeness (QED) is 0.211. The van der Waals surface area contributed by atoms with Gasteiger partial charge in [-0.1, -0.05) is 49.4 Å². The number of hydrogen-bond donors (Lipinski definition) is 2. The molecule has 0 spiro atoms. The van der Waals surface area contributed by atoms with Gasteiger partial charge in [-0.05, 0) is 73.8 Å². The van der Waals surface area contributed by atoms with Crippen LogP contribution in [0, 0.1) is 17.7 Å². The summed E-state index contributed by atoms with van der Waals surface area (Å²) in [5, 5.41) is 12.9. The Labute approximate surface area is 229 Å². The molecule has 3 aromatic carbocycles. The van der Waals surface area contributed by atoms with Gasteiger partial charge in [-0.2, -0.15) is 13.2 Å². The van der Waals surface area contributed by atoms with Crippen molar-refractivity contribution < 1.29 is 37.0 Å². The van der Waals surface area contributed by atoms with Crippen LogP contribution in [0.15, 0.2) is 66.7 Å². The number of benzene rings is 3. The van der Waals surface area contributed by atoms with Crippen LogP contribution >= 0.6 is 0 Å². The molecule has 3 aromatic rings. The van der Waals surface area contributed by atoms with Crippen LogP contribution in [0.4, 0.5) is 17.6 Å². The number of rotatable bonds is 9. The van der Waals surface area contributed by atoms with Crippen LogP contribution in [0.5, 0.6) is 5.75 Å². The summed E-state index contributed by atoms with van der Waals surface area (Å²) in [4.78, 5) is 25.4. The molecule has 1 saturated carbocycles. The van der Waals surface area contributed by atoms with Gasteiger partial charge in [-0.25, -0.2) is 9.18 Å². The van der Waals surface area contributed by atoms with Gasteiger partial charge < -0.3 is 15.2 Å². The van der Waals surface area contributed by atoms with Gasteiger partial charge in [0.05, 0.1) is 11.1 Å². The summed E-state index contributed by atoms with van der Waals surface area (Å²) in [6.07, 6.45) is -0.869. The third kappa shape index (κ3) is 7.00. The first-order chi connectivity index (χ1) is 18.9. The largest absolute Gasteiger partial charge is 0.487 e. The minimum absolute atomic E-state index is 0.00377. The molecule has 9 heteroatoms. The van der Waals surface area contributed by atoms with E-state index in [1.165, 1.54) is 36.4 Å². The van der Waals surface area contributed by atoms with E-state index in [0.717, 1.165) is 37.0 Å². The maximum absolute atomic E-state index is 14.5. The van der Waals surface area contributed by atoms with Crippen molar-refractivity contribution in [2.24, 2.45) is 11.8 Å². The first-order valence-corrected chi connectivity index (χ1v) is 13.1. The van der Waals surface area contributed by atoms with Gasteiger partial charge in [0.2, 0.25) is 0 Å². The predicted molar refractivity (Wildman–Crippen MR) is 143 cm³/mol. The van der Waals surface area contributed by atoms with Crippen molar-refractivity contribution in [3.8, 4) is 5.75 Å². The Balaban J connectivity index is 1.55. The van der Waals surface area contributed by atoms with Crippen LogP contribution in [-0.4, -0.2) is 23.0 Å². The smallest absolute Gasteiger partial charge is 0.416 e. The van der Waals surface area contributed by atoms with Crippen molar-refractivity contribution in [2.45, 2.75) is 57.9 Å². The minimum Gasteiger partial charge on any atom is -0.487 e. The highest BCUT2D eigenvalue weighted by molar-refractivity contribution is 6.05. The lowest BCUT2D eigenvalue weighted by molar-refractivity contribution is -0.139. The summed E-state index contributed by atoms with van der Waals surface area (Å²) in [6, 6.07) is 10.2. The summed E-state index contributed by atoms with van der Waals surface area (Å²) < 4.78 is 59.2. The van der Waals surface area contributed by atoms with Crippen LogP contribution in [0.3, 0.4) is 0 Å². The van der Waals surface area contributed by atoms with E-state index in [2.05, 4.69) is 18.8 Å². The molecule has 1 aliphatic rings. The first kappa shape index (κ1) is 29.1. The number of ether oxygens (including phenoxy) is 1. The van der Waals surface area contributed by atoms with Gasteiger partial charge in [0.1, 0.15) is 24.2 Å². The number of carboxylic acids is 1. The number of hydrogen-bond acceptors (Lipinski definition) is 3. The normalized spacial score (nSPS) is 18.4. The van der Waals surface area contributed by atoms with E-state index in [9.17, 15) is 32.3 Å². The Morgan fingerprint density at radius 3 is 2.45 bits per heavy atom. The number of amides is 1. The Morgan fingerprint density at radius 2 is 1.80 bits per heavy atom. The molecule has 5 nitrogen and oxygen atoms in total. The highest BCUT2D eigenvalue weighted by Crippen LogP contribution is 2.35. The van der Waals surface area contributed by atoms with Crippen molar-refractivity contribution in [3.63, 3.8) is 0 Å². The monoisotopic (exact) mass is 557 g/mol. The molecular weight excluding hydrogens is 526 g/mol. The van der Waals surface area contributed by atoms with Crippen LogP contribution in [-0.2, 0) is 17.6 Å². The van der Waals surface area contributed by atoms with Crippen molar-refractivity contribution >= 4 is 22.6 Å². The molecule has 0 saturated heterocycles. The molecule has 212 valence electrons. The minimum atomic E-state index is -4.48. The predicted octanol–water partition coefficient (Wildman–Crippen LogP) is 7.53. The number of carbonyl (C=O) groups excluding carboxylic acids is 1. The summed E-state index contributed by atoms with van der Waals surface area (Å²) >= 11 is 0. The second-order valence-electron chi connectivity index (χ2n) is 10.6. The fourth-order valence-electron chi connectivity index (χ4n) is 5.41. The van der Waals surface area contributed by atoms with Crippen LogP contribution in [0.2, 0.25) is 0 Å². The van der Waals surface area contributed by atoms with E-state index in [1.807, 2.05) is 0 Å². The molecule has 4 rings (SSSR count). The number of nitrogens with one attached hydrogen (secondary N) is 1. The second-order valence-corrected chi connectivity index (χ2v) is 10.6. The number of alkyl halides is 3. The van der Waals surface area contributed by atoms with Crippen molar-refractivity contribution in [1.82, 2.24) is 5.32 Å². The van der Waals surface area contributed by atoms with Crippen LogP contribution < -0.4 is 10.1 Å². The SMILES string of the molecule is C=C1CC(C)CC(CC[C@H](NC(=O)c2ccc3c(F)cccc3c2OCc2ccc(C(F)(F)F)cc2)C(=O)O)C1. The van der Waals surface area contributed by atoms with Crippen molar-refractivity contribution in [1.29, 1.82) is 0 Å². The van der Waals surface area contributed by atoms with Crippen molar-refractivity contribution in [3.05, 3.63) is 89.3 Å². The molecule has 1 amide bonds. The number of carboxylic acid groups (broad SMARTS) is 1. The van der Waals surface area contributed by atoms with E-state index in [4.69, 9.17) is 4.74 Å². The molecule has 0 aromatic heterocycles. The zero-order valence-electron chi connectivity index (χ0n) is 22.1. The highest BCUT2D eigenvalue weighted by atomic mass is 19.4. The number of carbonyl (C=O) groups is 2. The third-order valence-electron chi connectivity index (χ3n) is 7.29. The van der Waals surface area contributed by atoms with Gasteiger partial charge in [-0.3, -0.25) is 4.79 Å². The molecule has 0 heterocycles. The average Bonchev–Trinajstić information content (AvgIpc) is 2.88. The van der Waals surface area contributed by atoms with Crippen LogP contribution in [0.1, 0.15) is 60.5 Å². The molecule has 2 unspecified atom stereocenters. The molecule has 2 N–H and O–H groups in total. The van der Waals surface area contributed by atoms with Gasteiger partial charge in [0.25, 0.3) is 5.91 Å². The number of allylic oxidation sites excluding steroid dienone is 1. The zero-order chi connectivity index (χ0) is 29.0. The first-order valence-electron chi connectivity index (χ1n) is 13.1. The standard InChI is InChI=1S/C31H31F4NO4/c1-18-14-19(2)16-21(15-18)8-13-27(30(38)39)36-29(37)25-12-11-23-24(4-3-5-26(23)32)28(25)40-17-20-6-9-22(10-7-20)31(33,34)35/h3-7,9-12,19,21,27H,1,8,13-17H2,2H3,(H,36,37)(H,38,39)/t19?,21?,27-/m0/s1. The van der Waals surface area contributed by atoms with E-state index < -0.39 is 35.5 Å². The molecular formula is C31H31F4NO4. The Morgan fingerprint density at radius 1 is 1.07 bits per heavy atom. The third-order valence-corrected chi connectivity index (χ3v) is 7.29. The number of fused-ring (bicyclic) bond motifs is 1. The molecule has 0 aliphatic heterocycles. The second kappa shape index (κ2) is 12.1. The van der Waals surface area contributed by atoms with Crippen molar-refractivity contribution in [2.75, 3.05) is 0 Å². The molecule has 40 heavy (non-hydrogen) atoms. The number of aliphatic carboxylic acids is 1. The molecule has 1 aliphatic carbocycles. The zero-order valence-corrected chi connectivity index (χ0v) is 22.1. The topological polar surface area (TPSA) is 75.6 Å². The fourth-order valence-corrected chi connectivity index (χ4v) is 5.41. The summed E-state index contributed by atoms with van der Waals surface area (Å²) in [6.45, 7) is 6.03. The van der Waals surface area contributed by atoms with E-state index in [1.54, 1.807) is 6.07 Å². The molecule has 0 bridgehead atoms. The van der Waals surface area contributed by atoms with E-state index in [0.29, 0.717) is 23.8 Å². The molecule has 1 fully saturated rings. The maximum atomic E-state index is 14.5. The maximum Gasteiger partial charge on any atom is 0.416 e. The van der Waals surface area contributed by atoms with Gasteiger partial charge in [-0.15, -0.1) is 0 Å². The van der Waals surface area contributed by atoms with Crippen LogP contribution in [0.25, 0.3) is 10.8 Å². The summed E-state index contributed by atoms with van der Waals surface area (Å²) in [5.74, 6) is -1.64. The summed E-state index contributed by atoms with van der Waals surface area (Å²) in [7, 11) is 0. The lowest BCUT2D eigenvalue weighted by Crippen LogP contribution is -2.41. The lowest BCUT2D eigenvalue weighted by atomic mass is 9.77. The fraction of sp³-hybridized carbons (Fsp3) is 0.355. The van der Waals surface area contributed by atoms with Gasteiger partial charge in [0.15, 0.2) is 0 Å². The Kier molecular flexibility index (Phi) is 8.81. The van der Waals surface area contributed by atoms with E-state index >= 15 is 0 Å². The Hall–Kier alpha value is -3.88.